The molecule has 0 saturated carbocycles. The molecule has 4 nitrogen and oxygen atoms in total. The van der Waals surface area contributed by atoms with Gasteiger partial charge in [0.05, 0.1) is 12.2 Å². The molecule has 1 saturated heterocycles. The summed E-state index contributed by atoms with van der Waals surface area (Å²) in [7, 11) is 1.87. The van der Waals surface area contributed by atoms with Crippen LogP contribution in [0.5, 0.6) is 0 Å². The van der Waals surface area contributed by atoms with E-state index in [0.29, 0.717) is 17.7 Å². The second kappa shape index (κ2) is 7.88. The fraction of sp³-hybridized carbons (Fsp3) is 0.474. The van der Waals surface area contributed by atoms with Crippen LogP contribution in [0.3, 0.4) is 0 Å². The summed E-state index contributed by atoms with van der Waals surface area (Å²) in [5.74, 6) is 2.84. The highest BCUT2D eigenvalue weighted by Gasteiger charge is 2.24. The van der Waals surface area contributed by atoms with Crippen LogP contribution in [0, 0.1) is 5.92 Å². The lowest BCUT2D eigenvalue weighted by Crippen LogP contribution is -2.48. The molecule has 0 aliphatic carbocycles. The van der Waals surface area contributed by atoms with Gasteiger partial charge in [-0.3, -0.25) is 9.98 Å². The van der Waals surface area contributed by atoms with Crippen molar-refractivity contribution >= 4 is 28.5 Å². The zero-order valence-corrected chi connectivity index (χ0v) is 15.5. The average molecular weight is 343 g/mol. The highest BCUT2D eigenvalue weighted by Crippen LogP contribution is 2.25. The molecular weight excluding hydrogens is 316 g/mol. The van der Waals surface area contributed by atoms with Crippen molar-refractivity contribution in [1.29, 1.82) is 0 Å². The minimum Gasteiger partial charge on any atom is -0.351 e. The molecule has 1 fully saturated rings. The Bertz CT molecular complexity index is 708. The van der Waals surface area contributed by atoms with Gasteiger partial charge in [-0.05, 0) is 17.4 Å². The molecule has 2 aromatic rings. The molecule has 1 atom stereocenters. The zero-order valence-electron chi connectivity index (χ0n) is 14.7. The summed E-state index contributed by atoms with van der Waals surface area (Å²) in [6.07, 6.45) is 1.88. The number of guanidine groups is 1. The number of pyridine rings is 1. The van der Waals surface area contributed by atoms with Crippen molar-refractivity contribution < 1.29 is 0 Å². The van der Waals surface area contributed by atoms with Crippen LogP contribution in [0.2, 0.25) is 0 Å². The van der Waals surface area contributed by atoms with E-state index in [1.807, 2.05) is 13.2 Å². The predicted octanol–water partition coefficient (Wildman–Crippen LogP) is 3.38. The molecule has 1 N–H and O–H groups in total. The molecule has 5 heteroatoms. The van der Waals surface area contributed by atoms with Crippen LogP contribution in [0.25, 0.3) is 10.8 Å². The first kappa shape index (κ1) is 17.1. The molecule has 24 heavy (non-hydrogen) atoms. The number of hydrogen-bond acceptors (Lipinski definition) is 3. The van der Waals surface area contributed by atoms with Crippen LogP contribution < -0.4 is 5.32 Å². The molecular formula is C19H26N4S. The number of nitrogens with one attached hydrogen (secondary N) is 1. The maximum absolute atomic E-state index is 4.56. The van der Waals surface area contributed by atoms with E-state index in [1.165, 1.54) is 10.8 Å². The summed E-state index contributed by atoms with van der Waals surface area (Å²) in [6, 6.07) is 10.5. The van der Waals surface area contributed by atoms with Gasteiger partial charge in [0.2, 0.25) is 0 Å². The lowest BCUT2D eigenvalue weighted by Gasteiger charge is -2.36. The molecule has 3 rings (SSSR count). The van der Waals surface area contributed by atoms with Crippen molar-refractivity contribution in [2.75, 3.05) is 25.9 Å². The Balaban J connectivity index is 1.70. The summed E-state index contributed by atoms with van der Waals surface area (Å²) in [6.45, 7) is 7.42. The molecule has 0 amide bonds. The van der Waals surface area contributed by atoms with Crippen molar-refractivity contribution in [3.05, 3.63) is 42.2 Å². The second-order valence-corrected chi connectivity index (χ2v) is 7.83. The van der Waals surface area contributed by atoms with Crippen LogP contribution in [-0.4, -0.2) is 47.0 Å². The van der Waals surface area contributed by atoms with Crippen LogP contribution in [-0.2, 0) is 6.54 Å². The fourth-order valence-corrected chi connectivity index (χ4v) is 4.39. The number of fused-ring (bicyclic) bond motifs is 1. The van der Waals surface area contributed by atoms with E-state index in [9.17, 15) is 0 Å². The molecule has 1 aliphatic heterocycles. The zero-order chi connectivity index (χ0) is 16.9. The highest BCUT2D eigenvalue weighted by atomic mass is 32.2. The van der Waals surface area contributed by atoms with Crippen molar-refractivity contribution in [1.82, 2.24) is 15.2 Å². The second-order valence-electron chi connectivity index (χ2n) is 6.48. The van der Waals surface area contributed by atoms with E-state index in [4.69, 9.17) is 0 Å². The first-order chi connectivity index (χ1) is 11.7. The Labute approximate surface area is 148 Å². The monoisotopic (exact) mass is 342 g/mol. The van der Waals surface area contributed by atoms with Crippen molar-refractivity contribution in [3.8, 4) is 0 Å². The lowest BCUT2D eigenvalue weighted by molar-refractivity contribution is 0.380. The highest BCUT2D eigenvalue weighted by molar-refractivity contribution is 8.00. The number of benzene rings is 1. The minimum absolute atomic E-state index is 0.674. The van der Waals surface area contributed by atoms with E-state index < -0.39 is 0 Å². The van der Waals surface area contributed by atoms with Gasteiger partial charge in [-0.2, -0.15) is 11.8 Å². The summed E-state index contributed by atoms with van der Waals surface area (Å²) in [5, 5.41) is 6.62. The van der Waals surface area contributed by atoms with Gasteiger partial charge in [-0.1, -0.05) is 38.1 Å². The van der Waals surface area contributed by atoms with Gasteiger partial charge in [0.15, 0.2) is 5.96 Å². The topological polar surface area (TPSA) is 40.5 Å². The van der Waals surface area contributed by atoms with E-state index in [1.54, 1.807) is 0 Å². The number of aliphatic imine (C=N–C) groups is 1. The summed E-state index contributed by atoms with van der Waals surface area (Å²) >= 11 is 2.08. The fourth-order valence-electron chi connectivity index (χ4n) is 3.09. The number of hydrogen-bond donors (Lipinski definition) is 1. The van der Waals surface area contributed by atoms with Crippen LogP contribution in [0.15, 0.2) is 41.5 Å². The molecule has 1 aliphatic rings. The Morgan fingerprint density at radius 3 is 3.00 bits per heavy atom. The summed E-state index contributed by atoms with van der Waals surface area (Å²) in [4.78, 5) is 11.4. The maximum atomic E-state index is 4.56. The number of rotatable bonds is 3. The van der Waals surface area contributed by atoms with E-state index in [2.05, 4.69) is 76.1 Å². The first-order valence-corrected chi connectivity index (χ1v) is 9.63. The molecule has 1 unspecified atom stereocenters. The summed E-state index contributed by atoms with van der Waals surface area (Å²) < 4.78 is 0. The third-order valence-electron chi connectivity index (χ3n) is 4.52. The van der Waals surface area contributed by atoms with Crippen LogP contribution in [0.1, 0.15) is 19.5 Å². The Kier molecular flexibility index (Phi) is 5.61. The molecule has 0 bridgehead atoms. The Morgan fingerprint density at radius 2 is 2.21 bits per heavy atom. The average Bonchev–Trinajstić information content (AvgIpc) is 2.62. The van der Waals surface area contributed by atoms with Gasteiger partial charge in [0, 0.05) is 42.7 Å². The number of nitrogens with zero attached hydrogens (tertiary/aromatic N) is 3. The van der Waals surface area contributed by atoms with E-state index in [-0.39, 0.29) is 0 Å². The Hall–Kier alpha value is -1.75. The van der Waals surface area contributed by atoms with Crippen molar-refractivity contribution in [2.24, 2.45) is 10.9 Å². The molecule has 128 valence electrons. The van der Waals surface area contributed by atoms with Gasteiger partial charge in [-0.15, -0.1) is 0 Å². The van der Waals surface area contributed by atoms with E-state index in [0.717, 1.165) is 30.5 Å². The summed E-state index contributed by atoms with van der Waals surface area (Å²) in [5.41, 5.74) is 1.07. The minimum atomic E-state index is 0.674. The molecule has 0 radical (unpaired) electrons. The molecule has 2 heterocycles. The quantitative estimate of drug-likeness (QED) is 0.686. The van der Waals surface area contributed by atoms with Gasteiger partial charge in [-0.25, -0.2) is 0 Å². The number of aromatic nitrogens is 1. The molecule has 1 aromatic carbocycles. The van der Waals surface area contributed by atoms with E-state index >= 15 is 0 Å². The van der Waals surface area contributed by atoms with Crippen LogP contribution in [0.4, 0.5) is 0 Å². The SMILES string of the molecule is CN=C(NCc1nccc2ccccc12)N1CCSC(C(C)C)C1. The standard InChI is InChI=1S/C19H26N4S/c1-14(2)18-13-23(10-11-24-18)19(20-3)22-12-17-16-7-5-4-6-15(16)8-9-21-17/h4-9,14,18H,10-13H2,1-3H3,(H,20,22). The first-order valence-electron chi connectivity index (χ1n) is 8.59. The molecule has 1 aromatic heterocycles. The van der Waals surface area contributed by atoms with Crippen LogP contribution >= 0.6 is 11.8 Å². The van der Waals surface area contributed by atoms with Gasteiger partial charge in [0.25, 0.3) is 0 Å². The predicted molar refractivity (Wildman–Crippen MR) is 105 cm³/mol. The van der Waals surface area contributed by atoms with Gasteiger partial charge in [0.1, 0.15) is 0 Å². The normalized spacial score (nSPS) is 19.1. The maximum Gasteiger partial charge on any atom is 0.194 e. The number of thioether (sulfide) groups is 1. The van der Waals surface area contributed by atoms with Gasteiger partial charge < -0.3 is 10.2 Å². The third-order valence-corrected chi connectivity index (χ3v) is 6.06. The molecule has 0 spiro atoms. The Morgan fingerprint density at radius 1 is 1.38 bits per heavy atom. The third kappa shape index (κ3) is 3.83. The lowest BCUT2D eigenvalue weighted by atomic mass is 10.1. The van der Waals surface area contributed by atoms with Crippen molar-refractivity contribution in [3.63, 3.8) is 0 Å². The van der Waals surface area contributed by atoms with Gasteiger partial charge >= 0.3 is 0 Å². The van der Waals surface area contributed by atoms with Crippen molar-refractivity contribution in [2.45, 2.75) is 25.6 Å². The smallest absolute Gasteiger partial charge is 0.194 e. The largest absolute Gasteiger partial charge is 0.351 e.